The number of anilines is 1. The smallest absolute Gasteiger partial charge is 0.320 e. The fraction of sp³-hybridized carbons (Fsp3) is 0.111. The first-order chi connectivity index (χ1) is 11.0. The largest absolute Gasteiger partial charge is 0.480 e. The van der Waals surface area contributed by atoms with E-state index in [1.807, 2.05) is 36.4 Å². The van der Waals surface area contributed by atoms with E-state index in [0.717, 1.165) is 11.1 Å². The maximum Gasteiger partial charge on any atom is 0.320 e. The summed E-state index contributed by atoms with van der Waals surface area (Å²) in [5.74, 6) is -0.989. The van der Waals surface area contributed by atoms with Crippen molar-refractivity contribution in [2.45, 2.75) is 12.5 Å². The molecule has 0 saturated heterocycles. The fourth-order valence-corrected chi connectivity index (χ4v) is 1.69. The molecule has 118 valence electrons. The molecular weight excluding hydrogens is 290 g/mol. The van der Waals surface area contributed by atoms with Gasteiger partial charge < -0.3 is 16.6 Å². The molecule has 0 aromatic heterocycles. The molecule has 0 saturated carbocycles. The Morgan fingerprint density at radius 3 is 2.30 bits per heavy atom. The molecule has 5 N–H and O–H groups in total. The highest BCUT2D eigenvalue weighted by atomic mass is 16.4. The maximum atomic E-state index is 10.4. The molecule has 2 aromatic carbocycles. The van der Waals surface area contributed by atoms with Crippen LogP contribution in [0.4, 0.5) is 5.69 Å². The van der Waals surface area contributed by atoms with Crippen molar-refractivity contribution < 1.29 is 9.90 Å². The van der Waals surface area contributed by atoms with E-state index < -0.39 is 12.0 Å². The molecule has 5 heteroatoms. The van der Waals surface area contributed by atoms with E-state index >= 15 is 0 Å². The van der Waals surface area contributed by atoms with Gasteiger partial charge in [-0.15, -0.1) is 0 Å². The normalized spacial score (nSPS) is 11.1. The molecule has 1 unspecified atom stereocenters. The zero-order valence-corrected chi connectivity index (χ0v) is 12.6. The van der Waals surface area contributed by atoms with Crippen molar-refractivity contribution in [3.05, 3.63) is 71.8 Å². The third kappa shape index (κ3) is 7.46. The van der Waals surface area contributed by atoms with Gasteiger partial charge in [-0.2, -0.15) is 5.26 Å². The lowest BCUT2D eigenvalue weighted by Crippen LogP contribution is -2.32. The second kappa shape index (κ2) is 9.77. The fourth-order valence-electron chi connectivity index (χ4n) is 1.69. The average Bonchev–Trinajstić information content (AvgIpc) is 2.56. The molecule has 5 nitrogen and oxygen atoms in total. The Hall–Kier alpha value is -3.10. The number of rotatable bonds is 4. The molecule has 0 heterocycles. The molecule has 2 rings (SSSR count). The minimum atomic E-state index is -0.989. The van der Waals surface area contributed by atoms with E-state index in [4.69, 9.17) is 21.8 Å². The molecule has 0 spiro atoms. The summed E-state index contributed by atoms with van der Waals surface area (Å²) in [7, 11) is 0. The Bertz CT molecular complexity index is 674. The highest BCUT2D eigenvalue weighted by molar-refractivity contribution is 5.73. The van der Waals surface area contributed by atoms with Crippen molar-refractivity contribution >= 4 is 17.7 Å². The van der Waals surface area contributed by atoms with E-state index in [9.17, 15) is 4.79 Å². The summed E-state index contributed by atoms with van der Waals surface area (Å²) >= 11 is 0. The third-order valence-electron chi connectivity index (χ3n) is 2.90. The van der Waals surface area contributed by atoms with Crippen molar-refractivity contribution in [1.82, 2.24) is 0 Å². The number of carboxylic acids is 1. The van der Waals surface area contributed by atoms with Crippen LogP contribution in [-0.2, 0) is 11.2 Å². The molecule has 0 bridgehead atoms. The minimum Gasteiger partial charge on any atom is -0.480 e. The Morgan fingerprint density at radius 2 is 1.78 bits per heavy atom. The number of benzene rings is 2. The zero-order valence-electron chi connectivity index (χ0n) is 12.6. The second-order valence-electron chi connectivity index (χ2n) is 4.76. The average molecular weight is 309 g/mol. The molecule has 0 amide bonds. The number of hydrogen-bond acceptors (Lipinski definition) is 4. The van der Waals surface area contributed by atoms with Crippen LogP contribution >= 0.6 is 0 Å². The Labute approximate surface area is 135 Å². The minimum absolute atomic E-state index is 0.329. The van der Waals surface area contributed by atoms with Crippen LogP contribution in [0.25, 0.3) is 6.08 Å². The molecule has 23 heavy (non-hydrogen) atoms. The summed E-state index contributed by atoms with van der Waals surface area (Å²) in [4.78, 5) is 10.4. The van der Waals surface area contributed by atoms with Gasteiger partial charge >= 0.3 is 5.97 Å². The van der Waals surface area contributed by atoms with Gasteiger partial charge in [0.15, 0.2) is 0 Å². The monoisotopic (exact) mass is 309 g/mol. The molecule has 0 aliphatic rings. The summed E-state index contributed by atoms with van der Waals surface area (Å²) in [6.07, 6.45) is 3.57. The number of carboxylic acid groups (broad SMARTS) is 1. The number of nitriles is 1. The van der Waals surface area contributed by atoms with Crippen LogP contribution in [0, 0.1) is 11.3 Å². The zero-order chi connectivity index (χ0) is 17.1. The number of nitrogen functional groups attached to an aromatic ring is 1. The Morgan fingerprint density at radius 1 is 1.17 bits per heavy atom. The number of hydrogen-bond donors (Lipinski definition) is 3. The molecule has 0 radical (unpaired) electrons. The first-order valence-corrected chi connectivity index (χ1v) is 6.97. The van der Waals surface area contributed by atoms with Crippen LogP contribution in [0.3, 0.4) is 0 Å². The van der Waals surface area contributed by atoms with E-state index in [0.29, 0.717) is 12.1 Å². The number of nitrogens with two attached hydrogens (primary N) is 2. The van der Waals surface area contributed by atoms with Gasteiger partial charge in [-0.1, -0.05) is 42.5 Å². The summed E-state index contributed by atoms with van der Waals surface area (Å²) in [6.45, 7) is 0. The van der Waals surface area contributed by atoms with E-state index in [1.165, 1.54) is 6.08 Å². The number of aliphatic carboxylic acids is 1. The van der Waals surface area contributed by atoms with Gasteiger partial charge in [0.25, 0.3) is 0 Å². The van der Waals surface area contributed by atoms with Crippen molar-refractivity contribution in [3.63, 3.8) is 0 Å². The van der Waals surface area contributed by atoms with Gasteiger partial charge in [-0.3, -0.25) is 4.79 Å². The van der Waals surface area contributed by atoms with Crippen LogP contribution in [0.1, 0.15) is 11.1 Å². The number of carbonyl (C=O) groups is 1. The Balaban J connectivity index is 0.000000238. The van der Waals surface area contributed by atoms with Crippen molar-refractivity contribution in [1.29, 1.82) is 5.26 Å². The van der Waals surface area contributed by atoms with Gasteiger partial charge in [0.2, 0.25) is 0 Å². The molecule has 2 aromatic rings. The predicted octanol–water partition coefficient (Wildman–Crippen LogP) is 2.45. The van der Waals surface area contributed by atoms with Gasteiger partial charge in [0.05, 0.1) is 6.07 Å². The predicted molar refractivity (Wildman–Crippen MR) is 91.3 cm³/mol. The van der Waals surface area contributed by atoms with Crippen LogP contribution < -0.4 is 11.5 Å². The summed E-state index contributed by atoms with van der Waals surface area (Å²) in [6, 6.07) is 17.8. The number of nitrogens with zero attached hydrogens (tertiary/aromatic N) is 1. The van der Waals surface area contributed by atoms with Crippen molar-refractivity contribution in [2.75, 3.05) is 5.73 Å². The van der Waals surface area contributed by atoms with Gasteiger partial charge in [0.1, 0.15) is 6.04 Å². The quantitative estimate of drug-likeness (QED) is 0.593. The molecule has 0 fully saturated rings. The van der Waals surface area contributed by atoms with Crippen LogP contribution in [0.15, 0.2) is 60.7 Å². The van der Waals surface area contributed by atoms with Gasteiger partial charge in [-0.05, 0) is 35.8 Å². The molecular formula is C18H19N3O2. The second-order valence-corrected chi connectivity index (χ2v) is 4.76. The van der Waals surface area contributed by atoms with Gasteiger partial charge in [0, 0.05) is 11.8 Å². The number of allylic oxidation sites excluding steroid dienone is 1. The SMILES string of the molecule is N#CC=Cc1ccccc1.Nc1ccc(CC(N)C(=O)O)cc1. The van der Waals surface area contributed by atoms with Crippen molar-refractivity contribution in [2.24, 2.45) is 5.73 Å². The standard InChI is InChI=1S/C9H12N2O2.C9H7N/c10-7-3-1-6(2-4-7)5-8(11)9(12)13;10-8-4-7-9-5-2-1-3-6-9/h1-4,8H,5,10-11H2,(H,12,13);1-7H. The summed E-state index contributed by atoms with van der Waals surface area (Å²) < 4.78 is 0. The van der Waals surface area contributed by atoms with Gasteiger partial charge in [-0.25, -0.2) is 0 Å². The lowest BCUT2D eigenvalue weighted by molar-refractivity contribution is -0.138. The topological polar surface area (TPSA) is 113 Å². The lowest BCUT2D eigenvalue weighted by Gasteiger charge is -2.05. The van der Waals surface area contributed by atoms with Crippen LogP contribution in [0.5, 0.6) is 0 Å². The molecule has 0 aliphatic carbocycles. The highest BCUT2D eigenvalue weighted by Crippen LogP contribution is 2.07. The van der Waals surface area contributed by atoms with E-state index in [1.54, 1.807) is 30.3 Å². The molecule has 0 aliphatic heterocycles. The van der Waals surface area contributed by atoms with Crippen LogP contribution in [-0.4, -0.2) is 17.1 Å². The third-order valence-corrected chi connectivity index (χ3v) is 2.90. The maximum absolute atomic E-state index is 10.4. The molecule has 1 atom stereocenters. The first-order valence-electron chi connectivity index (χ1n) is 6.97. The van der Waals surface area contributed by atoms with E-state index in [-0.39, 0.29) is 0 Å². The first kappa shape index (κ1) is 18.0. The summed E-state index contributed by atoms with van der Waals surface area (Å²) in [5, 5.41) is 16.7. The van der Waals surface area contributed by atoms with E-state index in [2.05, 4.69) is 0 Å². The Kier molecular flexibility index (Phi) is 7.62. The highest BCUT2D eigenvalue weighted by Gasteiger charge is 2.11. The van der Waals surface area contributed by atoms with Crippen molar-refractivity contribution in [3.8, 4) is 6.07 Å². The summed E-state index contributed by atoms with van der Waals surface area (Å²) in [5.41, 5.74) is 13.4. The van der Waals surface area contributed by atoms with Crippen LogP contribution in [0.2, 0.25) is 0 Å². The lowest BCUT2D eigenvalue weighted by atomic mass is 10.1.